The van der Waals surface area contributed by atoms with E-state index in [0.717, 1.165) is 0 Å². The zero-order valence-electron chi connectivity index (χ0n) is 6.59. The van der Waals surface area contributed by atoms with Crippen LogP contribution in [-0.2, 0) is 4.79 Å². The summed E-state index contributed by atoms with van der Waals surface area (Å²) in [6.07, 6.45) is 0.507. The number of nitrogens with zero attached hydrogens (tertiary/aromatic N) is 1. The van der Waals surface area contributed by atoms with Crippen molar-refractivity contribution in [3.8, 4) is 0 Å². The smallest absolute Gasteiger partial charge is 0.303 e. The minimum Gasteiger partial charge on any atom is -0.481 e. The predicted octanol–water partition coefficient (Wildman–Crippen LogP) is 0.802. The first-order valence-corrected chi connectivity index (χ1v) is 3.82. The standard InChI is InChI=1S/C7H11F2NO2/c8-7(9)4-10(5-7)3-1-2-6(11)12/h1-5H2,(H,11,12). The molecule has 5 heteroatoms. The van der Waals surface area contributed by atoms with Crippen molar-refractivity contribution in [2.75, 3.05) is 19.6 Å². The molecule has 1 heterocycles. The fraction of sp³-hybridized carbons (Fsp3) is 0.857. The molecule has 1 rings (SSSR count). The van der Waals surface area contributed by atoms with Crippen LogP contribution in [0.3, 0.4) is 0 Å². The number of carboxylic acid groups (broad SMARTS) is 1. The van der Waals surface area contributed by atoms with E-state index >= 15 is 0 Å². The Bertz CT molecular complexity index is 176. The van der Waals surface area contributed by atoms with Gasteiger partial charge in [-0.1, -0.05) is 0 Å². The Kier molecular flexibility index (Phi) is 2.62. The third-order valence-corrected chi connectivity index (χ3v) is 1.77. The molecule has 0 amide bonds. The summed E-state index contributed by atoms with van der Waals surface area (Å²) in [5, 5.41) is 8.25. The monoisotopic (exact) mass is 179 g/mol. The summed E-state index contributed by atoms with van der Waals surface area (Å²) in [4.78, 5) is 11.6. The van der Waals surface area contributed by atoms with Gasteiger partial charge in [0, 0.05) is 6.42 Å². The molecule has 1 saturated heterocycles. The van der Waals surface area contributed by atoms with Crippen LogP contribution in [-0.4, -0.2) is 41.5 Å². The molecule has 12 heavy (non-hydrogen) atoms. The van der Waals surface area contributed by atoms with Gasteiger partial charge in [0.25, 0.3) is 5.92 Å². The van der Waals surface area contributed by atoms with Crippen molar-refractivity contribution in [1.82, 2.24) is 4.90 Å². The molecular formula is C7H11F2NO2. The van der Waals surface area contributed by atoms with E-state index in [1.54, 1.807) is 4.90 Å². The van der Waals surface area contributed by atoms with E-state index in [0.29, 0.717) is 13.0 Å². The highest BCUT2D eigenvalue weighted by Gasteiger charge is 2.43. The third-order valence-electron chi connectivity index (χ3n) is 1.77. The lowest BCUT2D eigenvalue weighted by atomic mass is 10.1. The Labute approximate surface area is 69.0 Å². The molecule has 0 unspecified atom stereocenters. The van der Waals surface area contributed by atoms with E-state index in [2.05, 4.69) is 0 Å². The zero-order valence-corrected chi connectivity index (χ0v) is 6.59. The molecule has 0 aromatic heterocycles. The lowest BCUT2D eigenvalue weighted by Gasteiger charge is -2.38. The van der Waals surface area contributed by atoms with Crippen LogP contribution in [0.4, 0.5) is 8.78 Å². The summed E-state index contributed by atoms with van der Waals surface area (Å²) in [6, 6.07) is 0. The normalized spacial score (nSPS) is 21.8. The van der Waals surface area contributed by atoms with E-state index < -0.39 is 11.9 Å². The van der Waals surface area contributed by atoms with Gasteiger partial charge in [0.2, 0.25) is 0 Å². The molecule has 0 aromatic carbocycles. The number of hydrogen-bond donors (Lipinski definition) is 1. The van der Waals surface area contributed by atoms with Crippen molar-refractivity contribution in [2.45, 2.75) is 18.8 Å². The molecule has 1 N–H and O–H groups in total. The lowest BCUT2D eigenvalue weighted by Crippen LogP contribution is -2.56. The topological polar surface area (TPSA) is 40.5 Å². The molecule has 1 aliphatic heterocycles. The van der Waals surface area contributed by atoms with E-state index in [1.807, 2.05) is 0 Å². The van der Waals surface area contributed by atoms with Crippen molar-refractivity contribution >= 4 is 5.97 Å². The van der Waals surface area contributed by atoms with Crippen LogP contribution in [0.25, 0.3) is 0 Å². The van der Waals surface area contributed by atoms with Crippen LogP contribution in [0.2, 0.25) is 0 Å². The van der Waals surface area contributed by atoms with Crippen molar-refractivity contribution in [3.63, 3.8) is 0 Å². The second kappa shape index (κ2) is 3.35. The molecule has 1 aliphatic rings. The average molecular weight is 179 g/mol. The second-order valence-corrected chi connectivity index (χ2v) is 3.06. The molecule has 3 nitrogen and oxygen atoms in total. The van der Waals surface area contributed by atoms with Crippen molar-refractivity contribution in [1.29, 1.82) is 0 Å². The number of carboxylic acids is 1. The summed E-state index contributed by atoms with van der Waals surface area (Å²) in [7, 11) is 0. The fourth-order valence-corrected chi connectivity index (χ4v) is 1.22. The van der Waals surface area contributed by atoms with Gasteiger partial charge in [0.1, 0.15) is 0 Å². The van der Waals surface area contributed by atoms with Gasteiger partial charge in [-0.25, -0.2) is 8.78 Å². The molecule has 0 aromatic rings. The van der Waals surface area contributed by atoms with Gasteiger partial charge in [-0.05, 0) is 13.0 Å². The average Bonchev–Trinajstić information content (AvgIpc) is 1.82. The third kappa shape index (κ3) is 2.73. The van der Waals surface area contributed by atoms with Crippen LogP contribution in [0.5, 0.6) is 0 Å². The molecular weight excluding hydrogens is 168 g/mol. The van der Waals surface area contributed by atoms with Crippen molar-refractivity contribution in [3.05, 3.63) is 0 Å². The summed E-state index contributed by atoms with van der Waals surface area (Å²) in [5.41, 5.74) is 0. The van der Waals surface area contributed by atoms with Crippen molar-refractivity contribution < 1.29 is 18.7 Å². The summed E-state index contributed by atoms with van der Waals surface area (Å²) in [5.74, 6) is -3.41. The van der Waals surface area contributed by atoms with Gasteiger partial charge in [-0.2, -0.15) is 0 Å². The van der Waals surface area contributed by atoms with Crippen LogP contribution in [0.15, 0.2) is 0 Å². The maximum atomic E-state index is 12.2. The van der Waals surface area contributed by atoms with Gasteiger partial charge in [0.05, 0.1) is 13.1 Å². The number of aliphatic carboxylic acids is 1. The van der Waals surface area contributed by atoms with Crippen LogP contribution in [0.1, 0.15) is 12.8 Å². The Balaban J connectivity index is 2.01. The van der Waals surface area contributed by atoms with Crippen LogP contribution < -0.4 is 0 Å². The van der Waals surface area contributed by atoms with Gasteiger partial charge >= 0.3 is 5.97 Å². The van der Waals surface area contributed by atoms with Gasteiger partial charge in [0.15, 0.2) is 0 Å². The van der Waals surface area contributed by atoms with Crippen LogP contribution >= 0.6 is 0 Å². The van der Waals surface area contributed by atoms with Gasteiger partial charge in [-0.3, -0.25) is 9.69 Å². The Hall–Kier alpha value is -0.710. The molecule has 0 atom stereocenters. The van der Waals surface area contributed by atoms with Gasteiger partial charge in [-0.15, -0.1) is 0 Å². The number of likely N-dealkylation sites (tertiary alicyclic amines) is 1. The Morgan fingerprint density at radius 3 is 2.50 bits per heavy atom. The van der Waals surface area contributed by atoms with E-state index in [1.165, 1.54) is 0 Å². The number of rotatable bonds is 4. The largest absolute Gasteiger partial charge is 0.481 e. The quantitative estimate of drug-likeness (QED) is 0.694. The maximum absolute atomic E-state index is 12.2. The molecule has 0 spiro atoms. The first kappa shape index (κ1) is 9.38. The molecule has 0 radical (unpaired) electrons. The second-order valence-electron chi connectivity index (χ2n) is 3.06. The maximum Gasteiger partial charge on any atom is 0.303 e. The number of hydrogen-bond acceptors (Lipinski definition) is 2. The summed E-state index contributed by atoms with van der Waals surface area (Å²) < 4.78 is 24.4. The molecule has 0 bridgehead atoms. The number of halogens is 2. The lowest BCUT2D eigenvalue weighted by molar-refractivity contribution is -0.139. The molecule has 0 saturated carbocycles. The SMILES string of the molecule is O=C(O)CCCN1CC(F)(F)C1. The predicted molar refractivity (Wildman–Crippen MR) is 38.3 cm³/mol. The number of alkyl halides is 2. The van der Waals surface area contributed by atoms with E-state index in [4.69, 9.17) is 5.11 Å². The first-order chi connectivity index (χ1) is 5.49. The Morgan fingerprint density at radius 2 is 2.08 bits per heavy atom. The zero-order chi connectivity index (χ0) is 9.19. The highest BCUT2D eigenvalue weighted by Crippen LogP contribution is 2.26. The summed E-state index contributed by atoms with van der Waals surface area (Å²) >= 11 is 0. The van der Waals surface area contributed by atoms with Gasteiger partial charge < -0.3 is 5.11 Å². The molecule has 1 fully saturated rings. The summed E-state index contributed by atoms with van der Waals surface area (Å²) in [6.45, 7) is 0.0289. The van der Waals surface area contributed by atoms with Crippen LogP contribution in [0, 0.1) is 0 Å². The minimum absolute atomic E-state index is 0.0576. The molecule has 70 valence electrons. The number of carbonyl (C=O) groups is 1. The first-order valence-electron chi connectivity index (χ1n) is 3.82. The highest BCUT2D eigenvalue weighted by molar-refractivity contribution is 5.66. The van der Waals surface area contributed by atoms with E-state index in [9.17, 15) is 13.6 Å². The fourth-order valence-electron chi connectivity index (χ4n) is 1.22. The Morgan fingerprint density at radius 1 is 1.50 bits per heavy atom. The van der Waals surface area contributed by atoms with Crippen molar-refractivity contribution in [2.24, 2.45) is 0 Å². The molecule has 0 aliphatic carbocycles. The highest BCUT2D eigenvalue weighted by atomic mass is 19.3. The minimum atomic E-state index is -2.54. The van der Waals surface area contributed by atoms with E-state index in [-0.39, 0.29) is 19.5 Å².